The fourth-order valence-corrected chi connectivity index (χ4v) is 1.40. The second-order valence-electron chi connectivity index (χ2n) is 2.65. The Morgan fingerprint density at radius 1 is 1.43 bits per heavy atom. The molecule has 0 bridgehead atoms. The van der Waals surface area contributed by atoms with E-state index in [1.807, 2.05) is 0 Å². The van der Waals surface area contributed by atoms with Gasteiger partial charge in [0.05, 0.1) is 0 Å². The molecule has 0 unspecified atom stereocenters. The van der Waals surface area contributed by atoms with Gasteiger partial charge in [0.1, 0.15) is 5.52 Å². The van der Waals surface area contributed by atoms with Gasteiger partial charge in [0, 0.05) is 6.07 Å². The second-order valence-corrected chi connectivity index (χ2v) is 3.00. The fourth-order valence-electron chi connectivity index (χ4n) is 1.18. The number of aromatic nitrogens is 2. The van der Waals surface area contributed by atoms with E-state index in [1.54, 1.807) is 30.3 Å². The van der Waals surface area contributed by atoms with E-state index in [-0.39, 0.29) is 10.8 Å². The summed E-state index contributed by atoms with van der Waals surface area (Å²) < 4.78 is 0.491. The third kappa shape index (κ3) is 1.15. The van der Waals surface area contributed by atoms with E-state index in [0.29, 0.717) is 15.8 Å². The normalized spacial score (nSPS) is 10.0. The number of nitriles is 1. The van der Waals surface area contributed by atoms with E-state index in [1.165, 1.54) is 0 Å². The van der Waals surface area contributed by atoms with E-state index in [2.05, 4.69) is 4.98 Å². The molecular formula is C9H4ClN3O. The lowest BCUT2D eigenvalue weighted by atomic mass is 10.3. The van der Waals surface area contributed by atoms with E-state index >= 15 is 0 Å². The van der Waals surface area contributed by atoms with Crippen LogP contribution in [-0.4, -0.2) is 4.98 Å². The zero-order valence-corrected chi connectivity index (χ0v) is 7.69. The van der Waals surface area contributed by atoms with Crippen LogP contribution in [0.5, 0.6) is 0 Å². The lowest BCUT2D eigenvalue weighted by Gasteiger charge is -2.02. The largest absolute Gasteiger partial charge is 0.617 e. The van der Waals surface area contributed by atoms with Crippen molar-refractivity contribution in [3.63, 3.8) is 0 Å². The first-order chi connectivity index (χ1) is 6.74. The number of hydrogen-bond donors (Lipinski definition) is 0. The highest BCUT2D eigenvalue weighted by molar-refractivity contribution is 6.30. The Morgan fingerprint density at radius 2 is 2.14 bits per heavy atom. The molecule has 1 aromatic carbocycles. The number of hydrogen-bond acceptors (Lipinski definition) is 3. The van der Waals surface area contributed by atoms with Crippen LogP contribution in [0.2, 0.25) is 5.15 Å². The van der Waals surface area contributed by atoms with Gasteiger partial charge in [-0.15, -0.1) is 0 Å². The number of halogens is 1. The summed E-state index contributed by atoms with van der Waals surface area (Å²) in [4.78, 5) is 3.93. The Balaban J connectivity index is 2.95. The molecule has 2 rings (SSSR count). The van der Waals surface area contributed by atoms with Gasteiger partial charge in [-0.05, 0) is 6.07 Å². The predicted octanol–water partition coefficient (Wildman–Crippen LogP) is 1.39. The Labute approximate surface area is 84.6 Å². The number of nitrogens with zero attached hydrogens (tertiary/aromatic N) is 3. The molecule has 0 saturated heterocycles. The standard InChI is InChI=1S/C9H4ClN3O/c10-9-8(5-11)13(14)7-4-2-1-3-6(7)12-9/h1-4H. The molecule has 14 heavy (non-hydrogen) atoms. The average Bonchev–Trinajstić information content (AvgIpc) is 2.18. The molecule has 0 fully saturated rings. The Morgan fingerprint density at radius 3 is 2.86 bits per heavy atom. The first-order valence-corrected chi connectivity index (χ1v) is 4.19. The third-order valence-corrected chi connectivity index (χ3v) is 2.09. The smallest absolute Gasteiger partial charge is 0.332 e. The molecule has 5 heteroatoms. The van der Waals surface area contributed by atoms with Crippen molar-refractivity contribution in [2.75, 3.05) is 0 Å². The molecule has 0 saturated carbocycles. The van der Waals surface area contributed by atoms with Crippen molar-refractivity contribution < 1.29 is 4.73 Å². The van der Waals surface area contributed by atoms with Crippen molar-refractivity contribution in [2.24, 2.45) is 0 Å². The van der Waals surface area contributed by atoms with Crippen LogP contribution in [0, 0.1) is 16.5 Å². The Hall–Kier alpha value is -1.86. The van der Waals surface area contributed by atoms with E-state index < -0.39 is 0 Å². The molecular weight excluding hydrogens is 202 g/mol. The van der Waals surface area contributed by atoms with E-state index in [0.717, 1.165) is 0 Å². The summed E-state index contributed by atoms with van der Waals surface area (Å²) in [7, 11) is 0. The van der Waals surface area contributed by atoms with Crippen LogP contribution in [0.15, 0.2) is 24.3 Å². The molecule has 1 aromatic heterocycles. The van der Waals surface area contributed by atoms with Gasteiger partial charge in [-0.2, -0.15) is 9.99 Å². The van der Waals surface area contributed by atoms with Crippen molar-refractivity contribution in [3.8, 4) is 6.07 Å². The third-order valence-electron chi connectivity index (χ3n) is 1.82. The summed E-state index contributed by atoms with van der Waals surface area (Å²) in [6, 6.07) is 8.41. The average molecular weight is 206 g/mol. The molecule has 1 heterocycles. The van der Waals surface area contributed by atoms with Gasteiger partial charge in [0.15, 0.2) is 6.07 Å². The lowest BCUT2D eigenvalue weighted by molar-refractivity contribution is -0.580. The first-order valence-electron chi connectivity index (χ1n) is 3.82. The van der Waals surface area contributed by atoms with Gasteiger partial charge in [0.2, 0.25) is 10.7 Å². The van der Waals surface area contributed by atoms with Crippen LogP contribution >= 0.6 is 11.6 Å². The van der Waals surface area contributed by atoms with Crippen molar-refractivity contribution in [1.82, 2.24) is 4.98 Å². The van der Waals surface area contributed by atoms with Crippen molar-refractivity contribution in [1.29, 1.82) is 5.26 Å². The van der Waals surface area contributed by atoms with Crippen molar-refractivity contribution in [2.45, 2.75) is 0 Å². The molecule has 4 nitrogen and oxygen atoms in total. The summed E-state index contributed by atoms with van der Waals surface area (Å²) in [6.07, 6.45) is 0. The quantitative estimate of drug-likeness (QED) is 0.482. The SMILES string of the molecule is N#Cc1c(Cl)nc2ccccc2[n+]1[O-]. The lowest BCUT2D eigenvalue weighted by Crippen LogP contribution is -2.32. The van der Waals surface area contributed by atoms with E-state index in [9.17, 15) is 5.21 Å². The minimum atomic E-state index is -0.176. The van der Waals surface area contributed by atoms with Gasteiger partial charge >= 0.3 is 5.69 Å². The van der Waals surface area contributed by atoms with Gasteiger partial charge in [0.25, 0.3) is 0 Å². The monoisotopic (exact) mass is 205 g/mol. The van der Waals surface area contributed by atoms with Crippen LogP contribution in [-0.2, 0) is 0 Å². The van der Waals surface area contributed by atoms with Crippen molar-refractivity contribution in [3.05, 3.63) is 40.3 Å². The van der Waals surface area contributed by atoms with Crippen LogP contribution in [0.4, 0.5) is 0 Å². The van der Waals surface area contributed by atoms with Crippen LogP contribution < -0.4 is 4.73 Å². The highest BCUT2D eigenvalue weighted by atomic mass is 35.5. The summed E-state index contributed by atoms with van der Waals surface area (Å²) in [5.74, 6) is 0. The number of benzene rings is 1. The molecule has 0 radical (unpaired) electrons. The van der Waals surface area contributed by atoms with Gasteiger partial charge in [-0.3, -0.25) is 0 Å². The summed E-state index contributed by atoms with van der Waals surface area (Å²) in [5.41, 5.74) is 0.644. The molecule has 0 aliphatic carbocycles. The maximum atomic E-state index is 11.6. The van der Waals surface area contributed by atoms with Gasteiger partial charge in [-0.25, -0.2) is 4.98 Å². The first kappa shape index (κ1) is 8.73. The molecule has 2 aromatic rings. The summed E-state index contributed by atoms with van der Waals surface area (Å²) in [5, 5.41) is 20.1. The van der Waals surface area contributed by atoms with Gasteiger partial charge < -0.3 is 5.21 Å². The molecule has 0 atom stereocenters. The molecule has 0 amide bonds. The van der Waals surface area contributed by atoms with E-state index in [4.69, 9.17) is 16.9 Å². The minimum Gasteiger partial charge on any atom is -0.617 e. The zero-order valence-electron chi connectivity index (χ0n) is 6.94. The molecule has 0 spiro atoms. The van der Waals surface area contributed by atoms with Gasteiger partial charge in [-0.1, -0.05) is 23.7 Å². The highest BCUT2D eigenvalue weighted by Gasteiger charge is 2.16. The van der Waals surface area contributed by atoms with Crippen LogP contribution in [0.1, 0.15) is 5.69 Å². The maximum absolute atomic E-state index is 11.6. The number of fused-ring (bicyclic) bond motifs is 1. The molecule has 68 valence electrons. The number of para-hydroxylation sites is 2. The summed E-state index contributed by atoms with van der Waals surface area (Å²) in [6.45, 7) is 0. The highest BCUT2D eigenvalue weighted by Crippen LogP contribution is 2.13. The maximum Gasteiger partial charge on any atom is 0.332 e. The number of rotatable bonds is 0. The summed E-state index contributed by atoms with van der Waals surface area (Å²) >= 11 is 5.65. The predicted molar refractivity (Wildman–Crippen MR) is 50.4 cm³/mol. The minimum absolute atomic E-state index is 0.0683. The Bertz CT molecular complexity index is 547. The second kappa shape index (κ2) is 3.13. The van der Waals surface area contributed by atoms with Crippen LogP contribution in [0.3, 0.4) is 0 Å². The molecule has 0 N–H and O–H groups in total. The zero-order chi connectivity index (χ0) is 10.1. The fraction of sp³-hybridized carbons (Fsp3) is 0. The topological polar surface area (TPSA) is 63.6 Å². The van der Waals surface area contributed by atoms with Crippen LogP contribution in [0.25, 0.3) is 11.0 Å². The Kier molecular flexibility index (Phi) is 1.95. The molecule has 0 aliphatic heterocycles. The molecule has 0 aliphatic rings. The van der Waals surface area contributed by atoms with Crippen molar-refractivity contribution >= 4 is 22.6 Å².